The lowest BCUT2D eigenvalue weighted by atomic mass is 9.90. The van der Waals surface area contributed by atoms with Crippen molar-refractivity contribution in [3.8, 4) is 67.5 Å². The van der Waals surface area contributed by atoms with Crippen molar-refractivity contribution in [1.29, 1.82) is 0 Å². The summed E-state index contributed by atoms with van der Waals surface area (Å²) >= 11 is 0. The average Bonchev–Trinajstić information content (AvgIpc) is 3.63. The van der Waals surface area contributed by atoms with Crippen LogP contribution in [0.15, 0.2) is 187 Å². The van der Waals surface area contributed by atoms with Gasteiger partial charge in [-0.2, -0.15) is 0 Å². The first-order valence-electron chi connectivity index (χ1n) is 17.6. The van der Waals surface area contributed by atoms with Crippen LogP contribution in [-0.4, -0.2) is 19.9 Å². The normalized spacial score (nSPS) is 11.4. The fourth-order valence-corrected chi connectivity index (χ4v) is 7.26. The van der Waals surface area contributed by atoms with Gasteiger partial charge in [0.15, 0.2) is 17.5 Å². The van der Waals surface area contributed by atoms with E-state index in [9.17, 15) is 0 Å². The second-order valence-corrected chi connectivity index (χ2v) is 13.0. The number of benzene rings is 7. The maximum absolute atomic E-state index is 6.45. The monoisotopic (exact) mass is 678 g/mol. The largest absolute Gasteiger partial charge is 0.438 e. The van der Waals surface area contributed by atoms with E-state index in [4.69, 9.17) is 19.4 Å². The van der Waals surface area contributed by atoms with Crippen molar-refractivity contribution in [2.45, 2.75) is 0 Å². The first-order chi connectivity index (χ1) is 26.3. The molecule has 0 bridgehead atoms. The zero-order valence-electron chi connectivity index (χ0n) is 28.5. The third-order valence-corrected chi connectivity index (χ3v) is 9.83. The first kappa shape index (κ1) is 30.6. The molecule has 0 saturated carbocycles. The molecule has 0 amide bonds. The number of nitrogens with zero attached hydrogens (tertiary/aromatic N) is 4. The lowest BCUT2D eigenvalue weighted by Crippen LogP contribution is -2.00. The summed E-state index contributed by atoms with van der Waals surface area (Å²) in [4.78, 5) is 19.7. The van der Waals surface area contributed by atoms with Gasteiger partial charge >= 0.3 is 0 Å². The number of aromatic nitrogens is 4. The van der Waals surface area contributed by atoms with Crippen LogP contribution in [-0.2, 0) is 0 Å². The van der Waals surface area contributed by atoms with Gasteiger partial charge in [-0.3, -0.25) is 0 Å². The lowest BCUT2D eigenvalue weighted by Gasteiger charge is -2.15. The van der Waals surface area contributed by atoms with Gasteiger partial charge < -0.3 is 4.42 Å². The van der Waals surface area contributed by atoms with E-state index in [1.807, 2.05) is 72.8 Å². The Morgan fingerprint density at radius 1 is 0.340 bits per heavy atom. The van der Waals surface area contributed by atoms with E-state index in [0.717, 1.165) is 66.1 Å². The lowest BCUT2D eigenvalue weighted by molar-refractivity contribution is 0.654. The molecular weight excluding hydrogens is 649 g/mol. The molecule has 0 radical (unpaired) electrons. The predicted octanol–water partition coefficient (Wildman–Crippen LogP) is 12.3. The predicted molar refractivity (Wildman–Crippen MR) is 215 cm³/mol. The quantitative estimate of drug-likeness (QED) is 0.175. The Hall–Kier alpha value is -7.24. The molecule has 0 aliphatic rings. The van der Waals surface area contributed by atoms with E-state index < -0.39 is 0 Å². The number of furan rings is 1. The average molecular weight is 679 g/mol. The van der Waals surface area contributed by atoms with Gasteiger partial charge in [0, 0.05) is 33.7 Å². The molecule has 7 aromatic carbocycles. The number of hydrogen-bond acceptors (Lipinski definition) is 5. The Balaban J connectivity index is 1.18. The van der Waals surface area contributed by atoms with Crippen LogP contribution >= 0.6 is 0 Å². The molecule has 248 valence electrons. The molecule has 0 atom stereocenters. The van der Waals surface area contributed by atoms with Gasteiger partial charge in [-0.15, -0.1) is 0 Å². The Kier molecular flexibility index (Phi) is 7.40. The van der Waals surface area contributed by atoms with E-state index in [0.29, 0.717) is 23.2 Å². The van der Waals surface area contributed by atoms with Crippen LogP contribution in [0, 0.1) is 0 Å². The highest BCUT2D eigenvalue weighted by Crippen LogP contribution is 2.43. The molecule has 0 saturated heterocycles. The Morgan fingerprint density at radius 3 is 1.47 bits per heavy atom. The summed E-state index contributed by atoms with van der Waals surface area (Å²) in [6.07, 6.45) is 1.78. The minimum Gasteiger partial charge on any atom is -0.438 e. The Bertz CT molecular complexity index is 2860. The first-order valence-corrected chi connectivity index (χ1v) is 17.6. The molecule has 0 aliphatic heterocycles. The Labute approximate surface area is 305 Å². The number of fused-ring (bicyclic) bond motifs is 4. The maximum Gasteiger partial charge on any atom is 0.227 e. The van der Waals surface area contributed by atoms with E-state index in [1.165, 1.54) is 11.1 Å². The molecule has 0 spiro atoms. The van der Waals surface area contributed by atoms with Gasteiger partial charge in [0.25, 0.3) is 0 Å². The standard InChI is InChI=1S/C48H30N4O/c1-4-13-31(14-5-1)32-22-24-33(25-23-32)36-29-42(44-41-21-12-28-49-48(41)53-43(44)30-36)39-26-27-40(38-20-11-10-19-37(38)39)47-51-45(34-15-6-2-7-16-34)50-46(52-47)35-17-8-3-9-18-35/h1-30H. The van der Waals surface area contributed by atoms with Crippen LogP contribution in [0.5, 0.6) is 0 Å². The third kappa shape index (κ3) is 5.52. The van der Waals surface area contributed by atoms with Crippen molar-refractivity contribution in [3.05, 3.63) is 182 Å². The zero-order valence-corrected chi connectivity index (χ0v) is 28.5. The molecule has 10 aromatic rings. The summed E-state index contributed by atoms with van der Waals surface area (Å²) in [5, 5.41) is 4.15. The van der Waals surface area contributed by atoms with Crippen LogP contribution in [0.4, 0.5) is 0 Å². The van der Waals surface area contributed by atoms with Gasteiger partial charge in [-0.1, -0.05) is 146 Å². The van der Waals surface area contributed by atoms with Crippen molar-refractivity contribution in [1.82, 2.24) is 19.9 Å². The number of hydrogen-bond donors (Lipinski definition) is 0. The summed E-state index contributed by atoms with van der Waals surface area (Å²) < 4.78 is 6.45. The van der Waals surface area contributed by atoms with Gasteiger partial charge in [-0.25, -0.2) is 19.9 Å². The minimum atomic E-state index is 0.619. The fraction of sp³-hybridized carbons (Fsp3) is 0. The van der Waals surface area contributed by atoms with Crippen LogP contribution in [0.1, 0.15) is 0 Å². The zero-order chi connectivity index (χ0) is 35.1. The van der Waals surface area contributed by atoms with Gasteiger partial charge in [0.2, 0.25) is 5.71 Å². The SMILES string of the molecule is c1ccc(-c2ccc(-c3cc(-c4ccc(-c5nc(-c6ccccc6)nc(-c6ccccc6)n5)c5ccccc45)c4c(c3)oc3ncccc34)cc2)cc1. The van der Waals surface area contributed by atoms with Crippen LogP contribution < -0.4 is 0 Å². The van der Waals surface area contributed by atoms with Gasteiger partial charge in [0.1, 0.15) is 5.58 Å². The molecule has 0 aliphatic carbocycles. The molecule has 0 unspecified atom stereocenters. The summed E-state index contributed by atoms with van der Waals surface area (Å²) in [6.45, 7) is 0. The summed E-state index contributed by atoms with van der Waals surface area (Å²) in [5.74, 6) is 1.89. The van der Waals surface area contributed by atoms with E-state index in [1.54, 1.807) is 6.20 Å². The number of rotatable bonds is 6. The maximum atomic E-state index is 6.45. The van der Waals surface area contributed by atoms with E-state index >= 15 is 0 Å². The van der Waals surface area contributed by atoms with E-state index in [-0.39, 0.29) is 0 Å². The van der Waals surface area contributed by atoms with Crippen LogP contribution in [0.2, 0.25) is 0 Å². The molecule has 10 rings (SSSR count). The summed E-state index contributed by atoms with van der Waals surface area (Å²) in [7, 11) is 0. The Morgan fingerprint density at radius 2 is 0.830 bits per heavy atom. The highest BCUT2D eigenvalue weighted by molar-refractivity contribution is 6.17. The van der Waals surface area contributed by atoms with Gasteiger partial charge in [0.05, 0.1) is 0 Å². The highest BCUT2D eigenvalue weighted by atomic mass is 16.3. The minimum absolute atomic E-state index is 0.619. The van der Waals surface area contributed by atoms with Crippen molar-refractivity contribution < 1.29 is 4.42 Å². The van der Waals surface area contributed by atoms with Crippen molar-refractivity contribution in [3.63, 3.8) is 0 Å². The van der Waals surface area contributed by atoms with Crippen LogP contribution in [0.3, 0.4) is 0 Å². The second kappa shape index (κ2) is 12.8. The summed E-state index contributed by atoms with van der Waals surface area (Å²) in [5.41, 5.74) is 10.9. The van der Waals surface area contributed by atoms with Gasteiger partial charge in [-0.05, 0) is 74.5 Å². The van der Waals surface area contributed by atoms with Crippen molar-refractivity contribution >= 4 is 32.8 Å². The van der Waals surface area contributed by atoms with Crippen molar-refractivity contribution in [2.24, 2.45) is 0 Å². The highest BCUT2D eigenvalue weighted by Gasteiger charge is 2.20. The van der Waals surface area contributed by atoms with Crippen molar-refractivity contribution in [2.75, 3.05) is 0 Å². The summed E-state index contributed by atoms with van der Waals surface area (Å²) in [6, 6.07) is 60.7. The topological polar surface area (TPSA) is 64.7 Å². The molecule has 0 N–H and O–H groups in total. The second-order valence-electron chi connectivity index (χ2n) is 13.0. The smallest absolute Gasteiger partial charge is 0.227 e. The molecule has 3 aromatic heterocycles. The van der Waals surface area contributed by atoms with Crippen LogP contribution in [0.25, 0.3) is 100 Å². The molecule has 53 heavy (non-hydrogen) atoms. The van der Waals surface area contributed by atoms with E-state index in [2.05, 4.69) is 108 Å². The molecule has 5 heteroatoms. The molecule has 3 heterocycles. The molecule has 5 nitrogen and oxygen atoms in total. The molecule has 0 fully saturated rings. The fourth-order valence-electron chi connectivity index (χ4n) is 7.26. The number of pyridine rings is 1. The molecular formula is C48H30N4O. The third-order valence-electron chi connectivity index (χ3n) is 9.83.